The van der Waals surface area contributed by atoms with Crippen LogP contribution in [0, 0.1) is 0 Å². The van der Waals surface area contributed by atoms with Crippen LogP contribution in [0.5, 0.6) is 0 Å². The van der Waals surface area contributed by atoms with Crippen molar-refractivity contribution < 1.29 is 0 Å². The minimum absolute atomic E-state index is 0.127. The van der Waals surface area contributed by atoms with Crippen molar-refractivity contribution in [2.45, 2.75) is 38.1 Å². The Bertz CT molecular complexity index is 525. The van der Waals surface area contributed by atoms with Gasteiger partial charge < -0.3 is 0 Å². The molecule has 1 atom stereocenters. The van der Waals surface area contributed by atoms with E-state index in [9.17, 15) is 0 Å². The zero-order valence-corrected chi connectivity index (χ0v) is 10.8. The van der Waals surface area contributed by atoms with Crippen molar-refractivity contribution >= 4 is 5.57 Å². The van der Waals surface area contributed by atoms with E-state index in [1.807, 2.05) is 6.20 Å². The monoisotopic (exact) mass is 238 g/mol. The number of hydrogen-bond acceptors (Lipinski definition) is 2. The van der Waals surface area contributed by atoms with Crippen molar-refractivity contribution in [2.24, 2.45) is 10.2 Å². The molecule has 1 heterocycles. The first-order valence-corrected chi connectivity index (χ1v) is 6.67. The first-order valence-electron chi connectivity index (χ1n) is 6.67. The van der Waals surface area contributed by atoms with Gasteiger partial charge in [0.05, 0.1) is 6.20 Å². The van der Waals surface area contributed by atoms with Gasteiger partial charge in [-0.3, -0.25) is 0 Å². The third-order valence-electron chi connectivity index (χ3n) is 3.94. The van der Waals surface area contributed by atoms with Gasteiger partial charge in [0, 0.05) is 0 Å². The summed E-state index contributed by atoms with van der Waals surface area (Å²) in [5.74, 6) is 0. The van der Waals surface area contributed by atoms with Crippen molar-refractivity contribution in [2.75, 3.05) is 0 Å². The fourth-order valence-corrected chi connectivity index (χ4v) is 2.92. The lowest BCUT2D eigenvalue weighted by Crippen LogP contribution is -2.27. The molecule has 92 valence electrons. The molecule has 18 heavy (non-hydrogen) atoms. The topological polar surface area (TPSA) is 24.7 Å². The molecule has 0 bridgehead atoms. The van der Waals surface area contributed by atoms with E-state index >= 15 is 0 Å². The lowest BCUT2D eigenvalue weighted by molar-refractivity contribution is 0.457. The predicted molar refractivity (Wildman–Crippen MR) is 74.2 cm³/mol. The summed E-state index contributed by atoms with van der Waals surface area (Å²) in [6.45, 7) is 2.17. The number of azo groups is 1. The second kappa shape index (κ2) is 4.52. The Hall–Kier alpha value is -1.70. The highest BCUT2D eigenvalue weighted by Crippen LogP contribution is 2.42. The molecule has 2 nitrogen and oxygen atoms in total. The van der Waals surface area contributed by atoms with Crippen molar-refractivity contribution in [3.05, 3.63) is 53.7 Å². The molecule has 1 unspecified atom stereocenters. The average molecular weight is 238 g/mol. The molecule has 0 spiro atoms. The number of benzene rings is 1. The smallest absolute Gasteiger partial charge is 0.123 e. The predicted octanol–water partition coefficient (Wildman–Crippen LogP) is 4.75. The lowest BCUT2D eigenvalue weighted by Gasteiger charge is -2.30. The van der Waals surface area contributed by atoms with Gasteiger partial charge in [-0.15, -0.1) is 0 Å². The van der Waals surface area contributed by atoms with E-state index in [-0.39, 0.29) is 5.54 Å². The van der Waals surface area contributed by atoms with Crippen LogP contribution in [0.4, 0.5) is 0 Å². The largest absolute Gasteiger partial charge is 0.174 e. The van der Waals surface area contributed by atoms with Crippen LogP contribution in [0.1, 0.15) is 38.2 Å². The van der Waals surface area contributed by atoms with Gasteiger partial charge in [-0.25, -0.2) is 0 Å². The van der Waals surface area contributed by atoms with E-state index in [0.717, 1.165) is 12.8 Å². The van der Waals surface area contributed by atoms with E-state index in [1.165, 1.54) is 29.6 Å². The lowest BCUT2D eigenvalue weighted by atomic mass is 9.77. The number of rotatable bonds is 2. The molecule has 1 aromatic rings. The van der Waals surface area contributed by atoms with Crippen LogP contribution in [0.25, 0.3) is 5.57 Å². The Morgan fingerprint density at radius 3 is 2.89 bits per heavy atom. The van der Waals surface area contributed by atoms with Crippen LogP contribution in [0.3, 0.4) is 0 Å². The molecule has 1 aromatic carbocycles. The van der Waals surface area contributed by atoms with Gasteiger partial charge in [0.1, 0.15) is 5.54 Å². The van der Waals surface area contributed by atoms with Crippen LogP contribution in [-0.2, 0) is 0 Å². The summed E-state index contributed by atoms with van der Waals surface area (Å²) in [6.07, 6.45) is 9.04. The highest BCUT2D eigenvalue weighted by molar-refractivity contribution is 5.66. The fourth-order valence-electron chi connectivity index (χ4n) is 2.92. The number of hydrogen-bond donors (Lipinski definition) is 0. The number of allylic oxidation sites excluding steroid dienone is 1. The van der Waals surface area contributed by atoms with Gasteiger partial charge >= 0.3 is 0 Å². The maximum absolute atomic E-state index is 4.51. The van der Waals surface area contributed by atoms with Crippen LogP contribution in [0.15, 0.2) is 58.4 Å². The van der Waals surface area contributed by atoms with Crippen LogP contribution >= 0.6 is 0 Å². The maximum atomic E-state index is 4.51. The van der Waals surface area contributed by atoms with E-state index < -0.39 is 0 Å². The summed E-state index contributed by atoms with van der Waals surface area (Å²) in [4.78, 5) is 0. The standard InChI is InChI=1S/C16H18N2/c1-13(14-7-3-2-4-8-14)11-16-10-6-5-9-15(16)12-17-18-16/h2-4,7-8,11-12H,5-6,9-10H2,1H3/b13-11+. The van der Waals surface area contributed by atoms with E-state index in [1.54, 1.807) is 0 Å². The molecule has 2 aliphatic rings. The summed E-state index contributed by atoms with van der Waals surface area (Å²) < 4.78 is 0. The third kappa shape index (κ3) is 1.92. The minimum atomic E-state index is -0.127. The van der Waals surface area contributed by atoms with Crippen molar-refractivity contribution in [1.29, 1.82) is 0 Å². The zero-order valence-electron chi connectivity index (χ0n) is 10.8. The Labute approximate surface area is 108 Å². The van der Waals surface area contributed by atoms with Gasteiger partial charge in [-0.05, 0) is 55.4 Å². The molecule has 0 amide bonds. The van der Waals surface area contributed by atoms with E-state index in [4.69, 9.17) is 0 Å². The Balaban J connectivity index is 1.95. The van der Waals surface area contributed by atoms with Gasteiger partial charge in [0.25, 0.3) is 0 Å². The molecule has 1 aliphatic heterocycles. The number of fused-ring (bicyclic) bond motifs is 1. The van der Waals surface area contributed by atoms with E-state index in [0.29, 0.717) is 0 Å². The summed E-state index contributed by atoms with van der Waals surface area (Å²) in [6, 6.07) is 10.5. The van der Waals surface area contributed by atoms with Crippen molar-refractivity contribution in [3.63, 3.8) is 0 Å². The van der Waals surface area contributed by atoms with Crippen molar-refractivity contribution in [1.82, 2.24) is 0 Å². The van der Waals surface area contributed by atoms with E-state index in [2.05, 4.69) is 53.6 Å². The summed E-state index contributed by atoms with van der Waals surface area (Å²) in [5, 5.41) is 8.68. The Kier molecular flexibility index (Phi) is 2.86. The highest BCUT2D eigenvalue weighted by atomic mass is 15.2. The van der Waals surface area contributed by atoms with Gasteiger partial charge in [-0.1, -0.05) is 30.3 Å². The molecular formula is C16H18N2. The molecule has 3 rings (SSSR count). The van der Waals surface area contributed by atoms with Gasteiger partial charge in [0.15, 0.2) is 0 Å². The molecule has 0 aromatic heterocycles. The second-order valence-electron chi connectivity index (χ2n) is 5.19. The minimum Gasteiger partial charge on any atom is -0.174 e. The quantitative estimate of drug-likeness (QED) is 0.710. The Morgan fingerprint density at radius 1 is 1.22 bits per heavy atom. The molecule has 1 fully saturated rings. The summed E-state index contributed by atoms with van der Waals surface area (Å²) in [7, 11) is 0. The fraction of sp³-hybridized carbons (Fsp3) is 0.375. The normalized spacial score (nSPS) is 26.9. The third-order valence-corrected chi connectivity index (χ3v) is 3.94. The van der Waals surface area contributed by atoms with Crippen molar-refractivity contribution in [3.8, 4) is 0 Å². The summed E-state index contributed by atoms with van der Waals surface area (Å²) in [5.41, 5.74) is 3.84. The SMILES string of the molecule is C/C(=C\C12CCCCC1=CN=N2)c1ccccc1. The molecule has 2 heteroatoms. The molecule has 0 N–H and O–H groups in total. The average Bonchev–Trinajstić information content (AvgIpc) is 2.83. The maximum Gasteiger partial charge on any atom is 0.123 e. The molecular weight excluding hydrogens is 220 g/mol. The second-order valence-corrected chi connectivity index (χ2v) is 5.19. The Morgan fingerprint density at radius 2 is 2.06 bits per heavy atom. The molecule has 1 saturated carbocycles. The molecule has 0 radical (unpaired) electrons. The van der Waals surface area contributed by atoms with Gasteiger partial charge in [0.2, 0.25) is 0 Å². The number of nitrogens with zero attached hydrogens (tertiary/aromatic N) is 2. The first-order chi connectivity index (χ1) is 8.80. The van der Waals surface area contributed by atoms with Gasteiger partial charge in [-0.2, -0.15) is 10.2 Å². The highest BCUT2D eigenvalue weighted by Gasteiger charge is 2.37. The summed E-state index contributed by atoms with van der Waals surface area (Å²) >= 11 is 0. The van der Waals surface area contributed by atoms with Crippen LogP contribution < -0.4 is 0 Å². The van der Waals surface area contributed by atoms with Crippen LogP contribution in [-0.4, -0.2) is 5.54 Å². The van der Waals surface area contributed by atoms with Crippen LogP contribution in [0.2, 0.25) is 0 Å². The first kappa shape index (κ1) is 11.4. The molecule has 1 aliphatic carbocycles. The molecule has 0 saturated heterocycles. The zero-order chi connectivity index (χ0) is 12.4.